The van der Waals surface area contributed by atoms with Gasteiger partial charge < -0.3 is 5.32 Å². The molecular formula is C23H21N5OS. The number of rotatable bonds is 7. The summed E-state index contributed by atoms with van der Waals surface area (Å²) < 4.78 is 0. The van der Waals surface area contributed by atoms with Gasteiger partial charge in [-0.05, 0) is 25.7 Å². The van der Waals surface area contributed by atoms with Gasteiger partial charge in [0, 0.05) is 11.1 Å². The Bertz CT molecular complexity index is 1080. The van der Waals surface area contributed by atoms with E-state index in [1.54, 1.807) is 6.92 Å². The standard InChI is InChI=1S/C23H21N5OS/c1-23(15-24,18-12-13-18)26-19(29)14-30-22-25-20(16-8-4-2-5-9-16)21(27-28-22)17-10-6-3-7-11-17/h2-11,18H,12-14H2,1H3,(H,26,29). The lowest BCUT2D eigenvalue weighted by molar-refractivity contribution is -0.119. The summed E-state index contributed by atoms with van der Waals surface area (Å²) in [6, 6.07) is 21.8. The molecule has 0 bridgehead atoms. The van der Waals surface area contributed by atoms with Gasteiger partial charge in [0.25, 0.3) is 0 Å². The zero-order valence-electron chi connectivity index (χ0n) is 16.6. The molecule has 1 aliphatic rings. The summed E-state index contributed by atoms with van der Waals surface area (Å²) in [7, 11) is 0. The monoisotopic (exact) mass is 415 g/mol. The van der Waals surface area contributed by atoms with Crippen LogP contribution in [0.1, 0.15) is 19.8 Å². The zero-order valence-corrected chi connectivity index (χ0v) is 17.4. The first-order valence-electron chi connectivity index (χ1n) is 9.80. The predicted octanol–water partition coefficient (Wildman–Crippen LogP) is 4.11. The van der Waals surface area contributed by atoms with Crippen molar-refractivity contribution in [3.05, 3.63) is 60.7 Å². The molecule has 0 aliphatic heterocycles. The zero-order chi connectivity index (χ0) is 21.0. The van der Waals surface area contributed by atoms with Gasteiger partial charge in [0.2, 0.25) is 11.1 Å². The van der Waals surface area contributed by atoms with Crippen molar-refractivity contribution in [2.24, 2.45) is 5.92 Å². The Morgan fingerprint density at radius 3 is 2.23 bits per heavy atom. The van der Waals surface area contributed by atoms with E-state index in [0.717, 1.165) is 29.7 Å². The number of hydrogen-bond acceptors (Lipinski definition) is 6. The molecule has 0 radical (unpaired) electrons. The van der Waals surface area contributed by atoms with Crippen LogP contribution in [-0.4, -0.2) is 32.4 Å². The average Bonchev–Trinajstić information content (AvgIpc) is 3.65. The SMILES string of the molecule is CC(C#N)(NC(=O)CSc1nnc(-c2ccccc2)c(-c2ccccc2)n1)C1CC1. The molecule has 1 saturated carbocycles. The van der Waals surface area contributed by atoms with Crippen LogP contribution >= 0.6 is 11.8 Å². The van der Waals surface area contributed by atoms with E-state index >= 15 is 0 Å². The van der Waals surface area contributed by atoms with Crippen molar-refractivity contribution in [3.8, 4) is 28.6 Å². The van der Waals surface area contributed by atoms with Gasteiger partial charge in [-0.25, -0.2) is 4.98 Å². The van der Waals surface area contributed by atoms with Gasteiger partial charge >= 0.3 is 0 Å². The molecule has 1 unspecified atom stereocenters. The third kappa shape index (κ3) is 4.50. The smallest absolute Gasteiger partial charge is 0.231 e. The molecule has 1 N–H and O–H groups in total. The fourth-order valence-corrected chi connectivity index (χ4v) is 3.88. The maximum absolute atomic E-state index is 12.4. The molecule has 1 aromatic heterocycles. The first kappa shape index (κ1) is 20.0. The Morgan fingerprint density at radius 1 is 1.07 bits per heavy atom. The van der Waals surface area contributed by atoms with Crippen LogP contribution in [0.3, 0.4) is 0 Å². The lowest BCUT2D eigenvalue weighted by atomic mass is 9.98. The van der Waals surface area contributed by atoms with E-state index in [1.807, 2.05) is 60.7 Å². The molecule has 3 aromatic rings. The van der Waals surface area contributed by atoms with Crippen molar-refractivity contribution in [2.45, 2.75) is 30.5 Å². The second-order valence-electron chi connectivity index (χ2n) is 7.45. The van der Waals surface area contributed by atoms with Crippen LogP contribution in [0.25, 0.3) is 22.5 Å². The van der Waals surface area contributed by atoms with Crippen molar-refractivity contribution < 1.29 is 4.79 Å². The Labute approximate surface area is 179 Å². The van der Waals surface area contributed by atoms with Crippen LogP contribution < -0.4 is 5.32 Å². The lowest BCUT2D eigenvalue weighted by Crippen LogP contribution is -2.47. The first-order chi connectivity index (χ1) is 14.6. The fourth-order valence-electron chi connectivity index (χ4n) is 3.30. The van der Waals surface area contributed by atoms with Crippen LogP contribution in [0.2, 0.25) is 0 Å². The third-order valence-corrected chi connectivity index (χ3v) is 5.96. The second-order valence-corrected chi connectivity index (χ2v) is 8.39. The minimum atomic E-state index is -0.802. The summed E-state index contributed by atoms with van der Waals surface area (Å²) in [6.07, 6.45) is 1.96. The number of nitrogens with one attached hydrogen (secondary N) is 1. The van der Waals surface area contributed by atoms with Gasteiger partial charge in [0.1, 0.15) is 16.9 Å². The Morgan fingerprint density at radius 2 is 1.67 bits per heavy atom. The van der Waals surface area contributed by atoms with Crippen molar-refractivity contribution in [1.82, 2.24) is 20.5 Å². The minimum Gasteiger partial charge on any atom is -0.337 e. The number of amides is 1. The average molecular weight is 416 g/mol. The number of hydrogen-bond donors (Lipinski definition) is 1. The quantitative estimate of drug-likeness (QED) is 0.584. The molecule has 30 heavy (non-hydrogen) atoms. The molecule has 150 valence electrons. The van der Waals surface area contributed by atoms with Crippen LogP contribution in [0.15, 0.2) is 65.8 Å². The summed E-state index contributed by atoms with van der Waals surface area (Å²) >= 11 is 1.22. The van der Waals surface area contributed by atoms with Gasteiger partial charge in [0.15, 0.2) is 0 Å². The highest BCUT2D eigenvalue weighted by Gasteiger charge is 2.42. The molecular weight excluding hydrogens is 394 g/mol. The molecule has 7 heteroatoms. The molecule has 1 atom stereocenters. The number of benzene rings is 2. The number of nitriles is 1. The normalized spacial score (nSPS) is 15.1. The highest BCUT2D eigenvalue weighted by molar-refractivity contribution is 7.99. The maximum atomic E-state index is 12.4. The number of aromatic nitrogens is 3. The molecule has 0 spiro atoms. The van der Waals surface area contributed by atoms with Crippen LogP contribution in [0.4, 0.5) is 0 Å². The number of carbonyl (C=O) groups excluding carboxylic acids is 1. The first-order valence-corrected chi connectivity index (χ1v) is 10.8. The predicted molar refractivity (Wildman–Crippen MR) is 116 cm³/mol. The molecule has 1 heterocycles. The summed E-state index contributed by atoms with van der Waals surface area (Å²) in [4.78, 5) is 17.1. The van der Waals surface area contributed by atoms with Gasteiger partial charge in [-0.2, -0.15) is 5.26 Å². The summed E-state index contributed by atoms with van der Waals surface area (Å²) in [5.41, 5.74) is 2.48. The molecule has 1 amide bonds. The second kappa shape index (κ2) is 8.64. The van der Waals surface area contributed by atoms with E-state index in [9.17, 15) is 10.1 Å². The van der Waals surface area contributed by atoms with Crippen molar-refractivity contribution in [1.29, 1.82) is 5.26 Å². The Kier molecular flexibility index (Phi) is 5.77. The summed E-state index contributed by atoms with van der Waals surface area (Å²) in [6.45, 7) is 1.79. The van der Waals surface area contributed by atoms with Gasteiger partial charge in [-0.15, -0.1) is 10.2 Å². The van der Waals surface area contributed by atoms with Crippen LogP contribution in [-0.2, 0) is 4.79 Å². The van der Waals surface area contributed by atoms with Gasteiger partial charge in [-0.3, -0.25) is 4.79 Å². The third-order valence-electron chi connectivity index (χ3n) is 5.12. The van der Waals surface area contributed by atoms with Crippen LogP contribution in [0.5, 0.6) is 0 Å². The van der Waals surface area contributed by atoms with Crippen molar-refractivity contribution in [2.75, 3.05) is 5.75 Å². The van der Waals surface area contributed by atoms with E-state index in [-0.39, 0.29) is 17.6 Å². The molecule has 1 aliphatic carbocycles. The van der Waals surface area contributed by atoms with E-state index in [2.05, 4.69) is 21.6 Å². The largest absolute Gasteiger partial charge is 0.337 e. The van der Waals surface area contributed by atoms with Crippen molar-refractivity contribution in [3.63, 3.8) is 0 Å². The van der Waals surface area contributed by atoms with Gasteiger partial charge in [-0.1, -0.05) is 72.4 Å². The fraction of sp³-hybridized carbons (Fsp3) is 0.261. The molecule has 0 saturated heterocycles. The van der Waals surface area contributed by atoms with Crippen molar-refractivity contribution >= 4 is 17.7 Å². The number of carbonyl (C=O) groups is 1. The van der Waals surface area contributed by atoms with Crippen LogP contribution in [0, 0.1) is 17.2 Å². The molecule has 2 aromatic carbocycles. The maximum Gasteiger partial charge on any atom is 0.231 e. The molecule has 4 rings (SSSR count). The molecule has 6 nitrogen and oxygen atoms in total. The number of thioether (sulfide) groups is 1. The molecule has 1 fully saturated rings. The Balaban J connectivity index is 1.55. The van der Waals surface area contributed by atoms with E-state index < -0.39 is 5.54 Å². The van der Waals surface area contributed by atoms with Gasteiger partial charge in [0.05, 0.1) is 11.8 Å². The Hall–Kier alpha value is -3.24. The highest BCUT2D eigenvalue weighted by atomic mass is 32.2. The summed E-state index contributed by atoms with van der Waals surface area (Å²) in [5, 5.41) is 21.4. The highest BCUT2D eigenvalue weighted by Crippen LogP contribution is 2.39. The van der Waals surface area contributed by atoms with E-state index in [0.29, 0.717) is 10.9 Å². The van der Waals surface area contributed by atoms with E-state index in [1.165, 1.54) is 11.8 Å². The minimum absolute atomic E-state index is 0.130. The lowest BCUT2D eigenvalue weighted by Gasteiger charge is -2.22. The van der Waals surface area contributed by atoms with E-state index in [4.69, 9.17) is 4.98 Å². The summed E-state index contributed by atoms with van der Waals surface area (Å²) in [5.74, 6) is 0.169. The number of nitrogens with zero attached hydrogens (tertiary/aromatic N) is 4. The topological polar surface area (TPSA) is 91.6 Å².